The Bertz CT molecular complexity index is 505. The molecule has 2 aromatic rings. The first-order chi connectivity index (χ1) is 9.09. The van der Waals surface area contributed by atoms with E-state index in [1.54, 1.807) is 0 Å². The predicted octanol–water partition coefficient (Wildman–Crippen LogP) is 3.40. The van der Waals surface area contributed by atoms with Crippen LogP contribution in [-0.2, 0) is 0 Å². The van der Waals surface area contributed by atoms with Crippen molar-refractivity contribution in [2.45, 2.75) is 26.1 Å². The van der Waals surface area contributed by atoms with Crippen molar-refractivity contribution in [1.82, 2.24) is 0 Å². The van der Waals surface area contributed by atoms with Crippen LogP contribution in [0, 0.1) is 12.8 Å². The summed E-state index contributed by atoms with van der Waals surface area (Å²) in [5, 5.41) is 20.7. The van der Waals surface area contributed by atoms with E-state index in [2.05, 4.69) is 0 Å². The SMILES string of the molecule is Cc1ccc([C@H](O)[C@@H](C)[C@H](O)c2ccccc2)cc1. The summed E-state index contributed by atoms with van der Waals surface area (Å²) in [4.78, 5) is 0. The lowest BCUT2D eigenvalue weighted by atomic mass is 9.88. The van der Waals surface area contributed by atoms with Crippen molar-refractivity contribution < 1.29 is 10.2 Å². The van der Waals surface area contributed by atoms with Crippen molar-refractivity contribution in [3.63, 3.8) is 0 Å². The zero-order chi connectivity index (χ0) is 13.8. The lowest BCUT2D eigenvalue weighted by molar-refractivity contribution is 0.0199. The first kappa shape index (κ1) is 13.8. The highest BCUT2D eigenvalue weighted by Crippen LogP contribution is 2.32. The molecular formula is C17H20O2. The molecule has 2 N–H and O–H groups in total. The number of benzene rings is 2. The minimum atomic E-state index is -0.671. The molecule has 0 aliphatic heterocycles. The minimum Gasteiger partial charge on any atom is -0.388 e. The van der Waals surface area contributed by atoms with E-state index in [-0.39, 0.29) is 5.92 Å². The lowest BCUT2D eigenvalue weighted by Crippen LogP contribution is -2.17. The van der Waals surface area contributed by atoms with Crippen LogP contribution in [0.3, 0.4) is 0 Å². The van der Waals surface area contributed by atoms with Gasteiger partial charge in [0, 0.05) is 5.92 Å². The second-order valence-electron chi connectivity index (χ2n) is 5.07. The van der Waals surface area contributed by atoms with E-state index >= 15 is 0 Å². The summed E-state index contributed by atoms with van der Waals surface area (Å²) in [5.74, 6) is -0.259. The molecule has 0 unspecified atom stereocenters. The standard InChI is InChI=1S/C17H20O2/c1-12-8-10-15(11-9-12)17(19)13(2)16(18)14-6-4-3-5-7-14/h3-11,13,16-19H,1-2H3/t13-,16-,17+/m0/s1. The number of rotatable bonds is 4. The summed E-state index contributed by atoms with van der Waals surface area (Å²) in [5.41, 5.74) is 2.83. The molecule has 0 aliphatic rings. The number of aliphatic hydroxyl groups excluding tert-OH is 2. The smallest absolute Gasteiger partial charge is 0.0843 e. The molecule has 0 amide bonds. The second-order valence-corrected chi connectivity index (χ2v) is 5.07. The molecule has 0 bridgehead atoms. The average molecular weight is 256 g/mol. The van der Waals surface area contributed by atoms with Gasteiger partial charge in [-0.3, -0.25) is 0 Å². The zero-order valence-corrected chi connectivity index (χ0v) is 11.3. The molecule has 2 rings (SSSR count). The van der Waals surface area contributed by atoms with Crippen molar-refractivity contribution in [2.75, 3.05) is 0 Å². The van der Waals surface area contributed by atoms with Crippen molar-refractivity contribution >= 4 is 0 Å². The van der Waals surface area contributed by atoms with Gasteiger partial charge >= 0.3 is 0 Å². The fraction of sp³-hybridized carbons (Fsp3) is 0.294. The fourth-order valence-corrected chi connectivity index (χ4v) is 2.19. The quantitative estimate of drug-likeness (QED) is 0.880. The molecule has 2 aromatic carbocycles. The third-order valence-electron chi connectivity index (χ3n) is 3.56. The van der Waals surface area contributed by atoms with E-state index < -0.39 is 12.2 Å². The molecule has 0 saturated heterocycles. The highest BCUT2D eigenvalue weighted by Gasteiger charge is 2.24. The maximum Gasteiger partial charge on any atom is 0.0843 e. The highest BCUT2D eigenvalue weighted by atomic mass is 16.3. The second kappa shape index (κ2) is 6.00. The molecular weight excluding hydrogens is 236 g/mol. The van der Waals surface area contributed by atoms with Gasteiger partial charge in [-0.25, -0.2) is 0 Å². The van der Waals surface area contributed by atoms with E-state index in [0.29, 0.717) is 0 Å². The van der Waals surface area contributed by atoms with Gasteiger partial charge in [-0.05, 0) is 18.1 Å². The molecule has 0 radical (unpaired) electrons. The Labute approximate surface area is 114 Å². The van der Waals surface area contributed by atoms with Gasteiger partial charge in [0.25, 0.3) is 0 Å². The molecule has 3 atom stereocenters. The lowest BCUT2D eigenvalue weighted by Gasteiger charge is -2.24. The molecule has 2 nitrogen and oxygen atoms in total. The van der Waals surface area contributed by atoms with Crippen molar-refractivity contribution in [1.29, 1.82) is 0 Å². The normalized spacial score (nSPS) is 15.8. The summed E-state index contributed by atoms with van der Waals surface area (Å²) in [6.07, 6.45) is -1.34. The first-order valence-corrected chi connectivity index (χ1v) is 6.57. The molecule has 0 saturated carbocycles. The van der Waals surface area contributed by atoms with Gasteiger partial charge in [0.15, 0.2) is 0 Å². The summed E-state index contributed by atoms with van der Waals surface area (Å²) in [7, 11) is 0. The van der Waals surface area contributed by atoms with Gasteiger partial charge in [-0.1, -0.05) is 67.1 Å². The molecule has 0 aromatic heterocycles. The van der Waals surface area contributed by atoms with Gasteiger partial charge < -0.3 is 10.2 Å². The Morgan fingerprint density at radius 1 is 0.737 bits per heavy atom. The summed E-state index contributed by atoms with van der Waals surface area (Å²) in [6, 6.07) is 17.2. The van der Waals surface area contributed by atoms with Gasteiger partial charge in [0.05, 0.1) is 12.2 Å². The summed E-state index contributed by atoms with van der Waals surface area (Å²) in [6.45, 7) is 3.88. The van der Waals surface area contributed by atoms with E-state index in [9.17, 15) is 10.2 Å². The van der Waals surface area contributed by atoms with Gasteiger partial charge in [-0.2, -0.15) is 0 Å². The molecule has 19 heavy (non-hydrogen) atoms. The first-order valence-electron chi connectivity index (χ1n) is 6.57. The minimum absolute atomic E-state index is 0.259. The van der Waals surface area contributed by atoms with Crippen LogP contribution in [0.15, 0.2) is 54.6 Å². The number of aliphatic hydroxyl groups is 2. The van der Waals surface area contributed by atoms with Gasteiger partial charge in [-0.15, -0.1) is 0 Å². The maximum atomic E-state index is 10.4. The van der Waals surface area contributed by atoms with Crippen LogP contribution < -0.4 is 0 Å². The van der Waals surface area contributed by atoms with E-state index in [1.807, 2.05) is 68.4 Å². The molecule has 0 aliphatic carbocycles. The Morgan fingerprint density at radius 2 is 1.21 bits per heavy atom. The third kappa shape index (κ3) is 3.22. The summed E-state index contributed by atoms with van der Waals surface area (Å²) >= 11 is 0. The molecule has 0 heterocycles. The number of hydrogen-bond acceptors (Lipinski definition) is 2. The topological polar surface area (TPSA) is 40.5 Å². The van der Waals surface area contributed by atoms with Crippen LogP contribution in [0.25, 0.3) is 0 Å². The van der Waals surface area contributed by atoms with Crippen LogP contribution in [0.1, 0.15) is 35.8 Å². The monoisotopic (exact) mass is 256 g/mol. The summed E-state index contributed by atoms with van der Waals surface area (Å²) < 4.78 is 0. The van der Waals surface area contributed by atoms with E-state index in [0.717, 1.165) is 16.7 Å². The van der Waals surface area contributed by atoms with Crippen LogP contribution in [0.4, 0.5) is 0 Å². The Hall–Kier alpha value is -1.64. The third-order valence-corrected chi connectivity index (χ3v) is 3.56. The van der Waals surface area contributed by atoms with Crippen LogP contribution in [-0.4, -0.2) is 10.2 Å². The van der Waals surface area contributed by atoms with Crippen molar-refractivity contribution in [2.24, 2.45) is 5.92 Å². The number of hydrogen-bond donors (Lipinski definition) is 2. The van der Waals surface area contributed by atoms with Gasteiger partial charge in [0.2, 0.25) is 0 Å². The van der Waals surface area contributed by atoms with Crippen LogP contribution >= 0.6 is 0 Å². The van der Waals surface area contributed by atoms with Crippen molar-refractivity contribution in [3.05, 3.63) is 71.3 Å². The molecule has 0 fully saturated rings. The molecule has 2 heteroatoms. The maximum absolute atomic E-state index is 10.4. The van der Waals surface area contributed by atoms with Crippen LogP contribution in [0.2, 0.25) is 0 Å². The highest BCUT2D eigenvalue weighted by molar-refractivity contribution is 5.25. The van der Waals surface area contributed by atoms with E-state index in [4.69, 9.17) is 0 Å². The average Bonchev–Trinajstić information content (AvgIpc) is 2.46. The zero-order valence-electron chi connectivity index (χ0n) is 11.3. The predicted molar refractivity (Wildman–Crippen MR) is 76.7 cm³/mol. The Balaban J connectivity index is 2.15. The molecule has 100 valence electrons. The van der Waals surface area contributed by atoms with Crippen LogP contribution in [0.5, 0.6) is 0 Å². The Kier molecular flexibility index (Phi) is 4.35. The molecule has 0 spiro atoms. The Morgan fingerprint density at radius 3 is 1.74 bits per heavy atom. The fourth-order valence-electron chi connectivity index (χ4n) is 2.19. The van der Waals surface area contributed by atoms with Crippen molar-refractivity contribution in [3.8, 4) is 0 Å². The van der Waals surface area contributed by atoms with E-state index in [1.165, 1.54) is 0 Å². The largest absolute Gasteiger partial charge is 0.388 e. The number of aryl methyl sites for hydroxylation is 1. The van der Waals surface area contributed by atoms with Gasteiger partial charge in [0.1, 0.15) is 0 Å².